The molecule has 0 fully saturated rings. The summed E-state index contributed by atoms with van der Waals surface area (Å²) in [6.07, 6.45) is 42.4. The number of amides is 4. The van der Waals surface area contributed by atoms with Crippen LogP contribution in [0.3, 0.4) is 0 Å². The first kappa shape index (κ1) is 45.4. The van der Waals surface area contributed by atoms with E-state index in [1.807, 2.05) is 0 Å². The summed E-state index contributed by atoms with van der Waals surface area (Å²) in [5, 5.41) is 0. The molecule has 0 radical (unpaired) electrons. The minimum absolute atomic E-state index is 0.290. The Balaban J connectivity index is 1.30. The molecule has 0 saturated heterocycles. The number of hydrogen-bond acceptors (Lipinski definition) is 4. The van der Waals surface area contributed by atoms with Gasteiger partial charge in [-0.05, 0) is 37.8 Å². The molecule has 2 aliphatic heterocycles. The Hall–Kier alpha value is -3.02. The summed E-state index contributed by atoms with van der Waals surface area (Å²) in [6.45, 7) is 4.54. The lowest BCUT2D eigenvalue weighted by molar-refractivity contribution is -0.122. The highest BCUT2D eigenvalue weighted by Gasteiger charge is 2.38. The van der Waals surface area contributed by atoms with Crippen LogP contribution >= 0.6 is 0 Å². The Morgan fingerprint density at radius 1 is 0.352 bits per heavy atom. The maximum absolute atomic E-state index is 13.5. The Morgan fingerprint density at radius 2 is 0.593 bits per heavy atom. The van der Waals surface area contributed by atoms with E-state index >= 15 is 0 Å². The van der Waals surface area contributed by atoms with Gasteiger partial charge in [0, 0.05) is 23.3 Å². The first-order valence-corrected chi connectivity index (χ1v) is 22.8. The molecular formula is C48H76N2O4. The third-order valence-electron chi connectivity index (χ3n) is 11.5. The van der Waals surface area contributed by atoms with Crippen LogP contribution in [0, 0.1) is 0 Å². The third kappa shape index (κ3) is 16.8. The van der Waals surface area contributed by atoms with Gasteiger partial charge in [-0.15, -0.1) is 0 Å². The van der Waals surface area contributed by atoms with Gasteiger partial charge >= 0.3 is 0 Å². The third-order valence-corrected chi connectivity index (χ3v) is 11.5. The van der Waals surface area contributed by atoms with Gasteiger partial charge < -0.3 is 0 Å². The zero-order chi connectivity index (χ0) is 38.6. The van der Waals surface area contributed by atoms with Gasteiger partial charge in [0.25, 0.3) is 23.6 Å². The number of anilines is 2. The smallest absolute Gasteiger partial charge is 0.261 e. The standard InChI is InChI=1S/C48H76N2O4/c1-3-5-7-9-11-13-15-17-19-21-23-25-27-29-31-35-41-39-45(51)49(47(41)53)43-37-33-34-38-44(43)50-46(52)40-42(48(50)54)36-32-30-28-26-24-22-20-18-16-14-12-10-8-6-4-2/h33-34,37-40H,3-32,35-36H2,1-2H3. The number of hydrogen-bond donors (Lipinski definition) is 0. The predicted molar refractivity (Wildman–Crippen MR) is 227 cm³/mol. The number of carbonyl (C=O) groups is 4. The predicted octanol–water partition coefficient (Wildman–Crippen LogP) is 13.8. The normalized spacial score (nSPS) is 14.6. The van der Waals surface area contributed by atoms with E-state index in [2.05, 4.69) is 13.8 Å². The monoisotopic (exact) mass is 745 g/mol. The highest BCUT2D eigenvalue weighted by molar-refractivity contribution is 6.35. The van der Waals surface area contributed by atoms with Crippen molar-refractivity contribution < 1.29 is 19.2 Å². The minimum Gasteiger partial charge on any atom is -0.269 e. The van der Waals surface area contributed by atoms with Gasteiger partial charge in [-0.3, -0.25) is 19.2 Å². The van der Waals surface area contributed by atoms with Gasteiger partial charge in [-0.25, -0.2) is 9.80 Å². The topological polar surface area (TPSA) is 74.8 Å². The van der Waals surface area contributed by atoms with E-state index in [1.54, 1.807) is 24.3 Å². The summed E-state index contributed by atoms with van der Waals surface area (Å²) < 4.78 is 0. The average Bonchev–Trinajstić information content (AvgIpc) is 3.62. The highest BCUT2D eigenvalue weighted by atomic mass is 16.2. The van der Waals surface area contributed by atoms with Crippen molar-refractivity contribution in [3.8, 4) is 0 Å². The molecule has 0 aliphatic carbocycles. The van der Waals surface area contributed by atoms with E-state index in [-0.39, 0.29) is 11.8 Å². The first-order valence-electron chi connectivity index (χ1n) is 22.8. The lowest BCUT2D eigenvalue weighted by atomic mass is 10.0. The average molecular weight is 745 g/mol. The van der Waals surface area contributed by atoms with Crippen molar-refractivity contribution in [2.24, 2.45) is 0 Å². The fourth-order valence-corrected chi connectivity index (χ4v) is 8.07. The molecule has 6 heteroatoms. The molecule has 0 bridgehead atoms. The van der Waals surface area contributed by atoms with Crippen LogP contribution in [0.1, 0.15) is 219 Å². The van der Waals surface area contributed by atoms with Gasteiger partial charge in [0.1, 0.15) is 0 Å². The van der Waals surface area contributed by atoms with Crippen LogP contribution in [-0.4, -0.2) is 23.6 Å². The second kappa shape index (κ2) is 28.4. The quantitative estimate of drug-likeness (QED) is 0.0520. The summed E-state index contributed by atoms with van der Waals surface area (Å²) in [5.41, 5.74) is 1.60. The molecule has 3 rings (SSSR count). The fourth-order valence-electron chi connectivity index (χ4n) is 8.07. The summed E-state index contributed by atoms with van der Waals surface area (Å²) in [7, 11) is 0. The van der Waals surface area contributed by atoms with Gasteiger partial charge in [0.15, 0.2) is 0 Å². The summed E-state index contributed by atoms with van der Waals surface area (Å²) in [6, 6.07) is 6.79. The molecule has 1 aromatic carbocycles. The molecule has 2 aliphatic rings. The molecule has 0 aromatic heterocycles. The van der Waals surface area contributed by atoms with Crippen molar-refractivity contribution in [3.63, 3.8) is 0 Å². The van der Waals surface area contributed by atoms with Gasteiger partial charge in [-0.2, -0.15) is 0 Å². The van der Waals surface area contributed by atoms with Crippen LogP contribution in [0.15, 0.2) is 47.6 Å². The maximum atomic E-state index is 13.5. The lowest BCUT2D eigenvalue weighted by Crippen LogP contribution is -2.36. The molecule has 302 valence electrons. The van der Waals surface area contributed by atoms with E-state index in [9.17, 15) is 19.2 Å². The van der Waals surface area contributed by atoms with E-state index in [4.69, 9.17) is 0 Å². The van der Waals surface area contributed by atoms with Crippen molar-refractivity contribution in [1.82, 2.24) is 0 Å². The number of imide groups is 2. The molecule has 0 N–H and O–H groups in total. The van der Waals surface area contributed by atoms with Crippen molar-refractivity contribution in [2.75, 3.05) is 9.80 Å². The Morgan fingerprint density at radius 3 is 0.852 bits per heavy atom. The molecule has 0 atom stereocenters. The SMILES string of the molecule is CCCCCCCCCCCCCCCCCC1=CC(=O)N(c2ccccc2N2C(=O)C=C(CCCCCCCCCCCCCCCCC)C2=O)C1=O. The number of para-hydroxylation sites is 2. The first-order chi connectivity index (χ1) is 26.5. The number of rotatable bonds is 34. The summed E-state index contributed by atoms with van der Waals surface area (Å²) in [5.74, 6) is -1.51. The van der Waals surface area contributed by atoms with Gasteiger partial charge in [-0.1, -0.05) is 206 Å². The van der Waals surface area contributed by atoms with E-state index < -0.39 is 11.8 Å². The number of nitrogens with zero attached hydrogens (tertiary/aromatic N) is 2. The molecule has 0 saturated carbocycles. The van der Waals surface area contributed by atoms with Crippen LogP contribution < -0.4 is 9.80 Å². The molecular weight excluding hydrogens is 669 g/mol. The van der Waals surface area contributed by atoms with E-state index in [0.717, 1.165) is 48.3 Å². The molecule has 6 nitrogen and oxygen atoms in total. The number of unbranched alkanes of at least 4 members (excludes halogenated alkanes) is 28. The maximum Gasteiger partial charge on any atom is 0.261 e. The van der Waals surface area contributed by atoms with E-state index in [0.29, 0.717) is 35.4 Å². The van der Waals surface area contributed by atoms with Crippen LogP contribution in [0.25, 0.3) is 0 Å². The van der Waals surface area contributed by atoms with Crippen LogP contribution in [0.5, 0.6) is 0 Å². The Bertz CT molecular complexity index is 1210. The summed E-state index contributed by atoms with van der Waals surface area (Å²) in [4.78, 5) is 55.6. The largest absolute Gasteiger partial charge is 0.269 e. The van der Waals surface area contributed by atoms with Crippen molar-refractivity contribution >= 4 is 35.0 Å². The van der Waals surface area contributed by atoms with Crippen molar-refractivity contribution in [2.45, 2.75) is 219 Å². The lowest BCUT2D eigenvalue weighted by Gasteiger charge is -2.23. The molecule has 4 amide bonds. The molecule has 0 spiro atoms. The number of benzene rings is 1. The van der Waals surface area contributed by atoms with Crippen molar-refractivity contribution in [1.29, 1.82) is 0 Å². The van der Waals surface area contributed by atoms with Gasteiger partial charge in [0.05, 0.1) is 11.4 Å². The van der Waals surface area contributed by atoms with Gasteiger partial charge in [0.2, 0.25) is 0 Å². The fraction of sp³-hybridized carbons (Fsp3) is 0.708. The highest BCUT2D eigenvalue weighted by Crippen LogP contribution is 2.36. The second-order valence-electron chi connectivity index (χ2n) is 16.2. The Labute approximate surface area is 330 Å². The van der Waals surface area contributed by atoms with Crippen LogP contribution in [-0.2, 0) is 19.2 Å². The van der Waals surface area contributed by atoms with Crippen LogP contribution in [0.2, 0.25) is 0 Å². The van der Waals surface area contributed by atoms with E-state index in [1.165, 1.54) is 166 Å². The molecule has 1 aromatic rings. The molecule has 0 unspecified atom stereocenters. The molecule has 54 heavy (non-hydrogen) atoms. The molecule has 2 heterocycles. The summed E-state index contributed by atoms with van der Waals surface area (Å²) >= 11 is 0. The van der Waals surface area contributed by atoms with Crippen molar-refractivity contribution in [3.05, 3.63) is 47.6 Å². The van der Waals surface area contributed by atoms with Crippen LogP contribution in [0.4, 0.5) is 11.4 Å². The zero-order valence-corrected chi connectivity index (χ0v) is 34.6. The second-order valence-corrected chi connectivity index (χ2v) is 16.2. The minimum atomic E-state index is -0.409. The number of carbonyl (C=O) groups excluding carboxylic acids is 4. The Kier molecular flexibility index (Phi) is 23.9. The zero-order valence-electron chi connectivity index (χ0n) is 34.6.